The molecule has 1 N–H and O–H groups in total. The van der Waals surface area contributed by atoms with E-state index >= 15 is 0 Å². The lowest BCUT2D eigenvalue weighted by molar-refractivity contribution is -0.117. The van der Waals surface area contributed by atoms with Crippen molar-refractivity contribution in [3.8, 4) is 22.9 Å². The van der Waals surface area contributed by atoms with E-state index in [-0.39, 0.29) is 48.6 Å². The first-order valence-corrected chi connectivity index (χ1v) is 13.4. The number of carbonyl (C=O) groups excluding carboxylic acids is 2. The lowest BCUT2D eigenvalue weighted by Gasteiger charge is -2.35. The molecule has 1 aromatic carbocycles. The summed E-state index contributed by atoms with van der Waals surface area (Å²) in [6, 6.07) is 10.6. The number of pyridine rings is 1. The van der Waals surface area contributed by atoms with Crippen LogP contribution in [0.1, 0.15) is 56.9 Å². The van der Waals surface area contributed by atoms with E-state index in [2.05, 4.69) is 26.6 Å². The van der Waals surface area contributed by atoms with Crippen molar-refractivity contribution in [1.29, 1.82) is 5.26 Å². The zero-order chi connectivity index (χ0) is 29.3. The zero-order valence-corrected chi connectivity index (χ0v) is 23.3. The molecule has 1 saturated heterocycles. The van der Waals surface area contributed by atoms with E-state index in [4.69, 9.17) is 13.9 Å². The topological polar surface area (TPSA) is 143 Å². The van der Waals surface area contributed by atoms with E-state index < -0.39 is 24.0 Å². The minimum atomic E-state index is -1.44. The molecule has 41 heavy (non-hydrogen) atoms. The van der Waals surface area contributed by atoms with Crippen molar-refractivity contribution in [1.82, 2.24) is 20.1 Å². The summed E-state index contributed by atoms with van der Waals surface area (Å²) in [5.41, 5.74) is 1.000. The van der Waals surface area contributed by atoms with Crippen LogP contribution in [0.3, 0.4) is 0 Å². The summed E-state index contributed by atoms with van der Waals surface area (Å²) in [6.45, 7) is 7.10. The number of halogens is 1. The fourth-order valence-corrected chi connectivity index (χ4v) is 4.69. The number of anilines is 1. The summed E-state index contributed by atoms with van der Waals surface area (Å²) in [5.74, 6) is 1.00. The second-order valence-corrected chi connectivity index (χ2v) is 11.2. The van der Waals surface area contributed by atoms with Gasteiger partial charge < -0.3 is 24.1 Å². The molecule has 2 amide bonds. The van der Waals surface area contributed by atoms with E-state index in [9.17, 15) is 19.2 Å². The highest BCUT2D eigenvalue weighted by Crippen LogP contribution is 2.47. The van der Waals surface area contributed by atoms with Crippen molar-refractivity contribution in [2.24, 2.45) is 5.92 Å². The summed E-state index contributed by atoms with van der Waals surface area (Å²) in [4.78, 5) is 30.6. The van der Waals surface area contributed by atoms with Crippen molar-refractivity contribution in [2.45, 2.75) is 64.3 Å². The highest BCUT2D eigenvalue weighted by molar-refractivity contribution is 5.94. The monoisotopic (exact) mass is 562 g/mol. The number of carbonyl (C=O) groups is 2. The van der Waals surface area contributed by atoms with E-state index in [0.717, 1.165) is 5.56 Å². The molecule has 1 aliphatic heterocycles. The number of nitrogens with zero attached hydrogens (tertiary/aromatic N) is 5. The minimum absolute atomic E-state index is 0.0985. The number of aryl methyl sites for hydroxylation is 1. The molecular formula is C29H31FN6O5. The van der Waals surface area contributed by atoms with Crippen LogP contribution in [0.4, 0.5) is 15.0 Å². The van der Waals surface area contributed by atoms with Gasteiger partial charge in [-0.15, -0.1) is 10.2 Å². The molecule has 11 nitrogen and oxygen atoms in total. The summed E-state index contributed by atoms with van der Waals surface area (Å²) < 4.78 is 31.7. The van der Waals surface area contributed by atoms with Crippen LogP contribution < -0.4 is 10.1 Å². The number of alkyl halides is 1. The Morgan fingerprint density at radius 3 is 2.66 bits per heavy atom. The largest absolute Gasteiger partial charge is 0.486 e. The molecule has 4 atom stereocenters. The molecular weight excluding hydrogens is 531 g/mol. The molecule has 0 spiro atoms. The van der Waals surface area contributed by atoms with Gasteiger partial charge in [-0.2, -0.15) is 5.26 Å². The highest BCUT2D eigenvalue weighted by Gasteiger charge is 2.47. The molecule has 5 rings (SSSR count). The molecule has 2 aromatic heterocycles. The third-order valence-corrected chi connectivity index (χ3v) is 6.84. The van der Waals surface area contributed by atoms with Crippen LogP contribution in [-0.2, 0) is 9.53 Å². The average molecular weight is 563 g/mol. The first-order valence-electron chi connectivity index (χ1n) is 13.4. The number of hydrogen-bond acceptors (Lipinski definition) is 9. The number of piperidine rings is 1. The standard InChI is InChI=1S/C29H31FN6O5/c1-16-34-35-27(39-16)21-13-20(21)26(37)33-25-12-18(7-9-32-25)17-5-6-23(19(11-17)14-31)40-24-8-10-36(15-22(24)30)28(38)41-29(2,3)4/h5-7,9,11-12,20-22,24H,8,10,13,15H2,1-4H3,(H,32,33,37)/t20-,21-,22-,24+/m1/s1. The third-order valence-electron chi connectivity index (χ3n) is 6.84. The van der Waals surface area contributed by atoms with E-state index in [1.165, 1.54) is 4.90 Å². The van der Waals surface area contributed by atoms with Crippen LogP contribution in [-0.4, -0.2) is 63.0 Å². The number of nitrogens with one attached hydrogen (secondary N) is 1. The number of aromatic nitrogens is 3. The van der Waals surface area contributed by atoms with Gasteiger partial charge >= 0.3 is 6.09 Å². The molecule has 1 aliphatic carbocycles. The van der Waals surface area contributed by atoms with Gasteiger partial charge in [-0.1, -0.05) is 6.07 Å². The smallest absolute Gasteiger partial charge is 0.410 e. The zero-order valence-electron chi connectivity index (χ0n) is 23.3. The second kappa shape index (κ2) is 11.2. The van der Waals surface area contributed by atoms with Crippen molar-refractivity contribution in [3.05, 3.63) is 53.9 Å². The van der Waals surface area contributed by atoms with Gasteiger partial charge in [0.05, 0.1) is 18.0 Å². The number of likely N-dealkylation sites (tertiary alicyclic amines) is 1. The van der Waals surface area contributed by atoms with Crippen molar-refractivity contribution in [3.63, 3.8) is 0 Å². The van der Waals surface area contributed by atoms with Gasteiger partial charge in [0.1, 0.15) is 29.3 Å². The van der Waals surface area contributed by atoms with Gasteiger partial charge in [-0.3, -0.25) is 4.79 Å². The average Bonchev–Trinajstić information content (AvgIpc) is 3.62. The lowest BCUT2D eigenvalue weighted by Crippen LogP contribution is -2.50. The Morgan fingerprint density at radius 1 is 1.20 bits per heavy atom. The van der Waals surface area contributed by atoms with Crippen LogP contribution in [0, 0.1) is 24.2 Å². The Kier molecular flexibility index (Phi) is 7.62. The quantitative estimate of drug-likeness (QED) is 0.449. The molecule has 3 heterocycles. The summed E-state index contributed by atoms with van der Waals surface area (Å²) in [5, 5.41) is 20.4. The van der Waals surface area contributed by atoms with Crippen LogP contribution >= 0.6 is 0 Å². The normalized spacial score (nSPS) is 22.0. The van der Waals surface area contributed by atoms with Gasteiger partial charge in [0.15, 0.2) is 6.17 Å². The summed E-state index contributed by atoms with van der Waals surface area (Å²) >= 11 is 0. The van der Waals surface area contributed by atoms with Gasteiger partial charge in [0, 0.05) is 32.0 Å². The maximum atomic E-state index is 15.0. The Morgan fingerprint density at radius 2 is 1.98 bits per heavy atom. The Bertz CT molecular complexity index is 1500. The first-order chi connectivity index (χ1) is 19.5. The first kappa shape index (κ1) is 28.0. The summed E-state index contributed by atoms with van der Waals surface area (Å²) in [6.07, 6.45) is -0.360. The molecule has 1 saturated carbocycles. The molecule has 0 bridgehead atoms. The van der Waals surface area contributed by atoms with Gasteiger partial charge in [0.2, 0.25) is 17.7 Å². The van der Waals surface area contributed by atoms with Gasteiger partial charge in [-0.25, -0.2) is 14.2 Å². The maximum Gasteiger partial charge on any atom is 0.410 e. The van der Waals surface area contributed by atoms with Crippen molar-refractivity contribution < 1.29 is 27.9 Å². The number of ether oxygens (including phenoxy) is 2. The Hall–Kier alpha value is -4.53. The van der Waals surface area contributed by atoms with E-state index in [1.54, 1.807) is 64.2 Å². The predicted molar refractivity (Wildman–Crippen MR) is 145 cm³/mol. The molecule has 2 aliphatic rings. The van der Waals surface area contributed by atoms with Gasteiger partial charge in [-0.05, 0) is 62.6 Å². The number of benzene rings is 1. The van der Waals surface area contributed by atoms with Crippen LogP contribution in [0.25, 0.3) is 11.1 Å². The fourth-order valence-electron chi connectivity index (χ4n) is 4.69. The minimum Gasteiger partial charge on any atom is -0.486 e. The molecule has 0 unspecified atom stereocenters. The van der Waals surface area contributed by atoms with Gasteiger partial charge in [0.25, 0.3) is 0 Å². The lowest BCUT2D eigenvalue weighted by atomic mass is 10.0. The fraction of sp³-hybridized carbons (Fsp3) is 0.448. The second-order valence-electron chi connectivity index (χ2n) is 11.2. The number of rotatable bonds is 6. The Labute approximate surface area is 236 Å². The van der Waals surface area contributed by atoms with Crippen LogP contribution in [0.15, 0.2) is 40.9 Å². The van der Waals surface area contributed by atoms with Crippen molar-refractivity contribution >= 4 is 17.8 Å². The van der Waals surface area contributed by atoms with E-state index in [1.807, 2.05) is 0 Å². The van der Waals surface area contributed by atoms with Crippen LogP contribution in [0.5, 0.6) is 5.75 Å². The SMILES string of the molecule is Cc1nnc([C@@H]2C[C@H]2C(=O)Nc2cc(-c3ccc(O[C@H]4CCN(C(=O)OC(C)(C)C)C[C@H]4F)c(C#N)c3)ccn2)o1. The maximum absolute atomic E-state index is 15.0. The third kappa shape index (κ3) is 6.62. The van der Waals surface area contributed by atoms with E-state index in [0.29, 0.717) is 29.6 Å². The van der Waals surface area contributed by atoms with Crippen LogP contribution in [0.2, 0.25) is 0 Å². The number of hydrogen-bond donors (Lipinski definition) is 1. The predicted octanol–water partition coefficient (Wildman–Crippen LogP) is 4.78. The molecule has 12 heteroatoms. The summed E-state index contributed by atoms with van der Waals surface area (Å²) in [7, 11) is 0. The molecule has 214 valence electrons. The number of amides is 2. The molecule has 3 aromatic rings. The molecule has 2 fully saturated rings. The Balaban J connectivity index is 1.22. The highest BCUT2D eigenvalue weighted by atomic mass is 19.1. The van der Waals surface area contributed by atoms with Crippen molar-refractivity contribution in [2.75, 3.05) is 18.4 Å². The molecule has 0 radical (unpaired) electrons. The number of nitriles is 1.